The average Bonchev–Trinajstić information content (AvgIpc) is 3.25. The second kappa shape index (κ2) is 11.1. The van der Waals surface area contributed by atoms with Crippen LogP contribution in [0.2, 0.25) is 0 Å². The summed E-state index contributed by atoms with van der Waals surface area (Å²) < 4.78 is 39.8. The molecule has 1 N–H and O–H groups in total. The standard InChI is InChI=1S/C25H28F2N4O3/c1-30-22(9-10-28-30)20-16-19(6-8-23(20)33-14-13-31-11-3-2-4-12-31)29-25(32)17-34-24-7-5-18(26)15-21(24)27/h5-10,15-16H,2-4,11-14,17H2,1H3,(H,29,32). The number of hydrogen-bond acceptors (Lipinski definition) is 5. The van der Waals surface area contributed by atoms with Crippen molar-refractivity contribution >= 4 is 11.6 Å². The highest BCUT2D eigenvalue weighted by molar-refractivity contribution is 5.93. The van der Waals surface area contributed by atoms with Gasteiger partial charge in [-0.3, -0.25) is 14.4 Å². The van der Waals surface area contributed by atoms with E-state index in [9.17, 15) is 13.6 Å². The molecular formula is C25H28F2N4O3. The van der Waals surface area contributed by atoms with Crippen molar-refractivity contribution in [3.05, 3.63) is 60.3 Å². The maximum Gasteiger partial charge on any atom is 0.262 e. The van der Waals surface area contributed by atoms with E-state index in [1.54, 1.807) is 16.9 Å². The number of rotatable bonds is 9. The summed E-state index contributed by atoms with van der Waals surface area (Å²) in [5.74, 6) is -1.54. The van der Waals surface area contributed by atoms with E-state index in [-0.39, 0.29) is 5.75 Å². The van der Waals surface area contributed by atoms with Crippen LogP contribution in [0, 0.1) is 11.6 Å². The van der Waals surface area contributed by atoms with Crippen molar-refractivity contribution in [1.29, 1.82) is 0 Å². The Morgan fingerprint density at radius 1 is 1.03 bits per heavy atom. The molecule has 7 nitrogen and oxygen atoms in total. The first-order valence-corrected chi connectivity index (χ1v) is 11.3. The highest BCUT2D eigenvalue weighted by atomic mass is 19.1. The Hall–Kier alpha value is -3.46. The molecule has 1 aliphatic heterocycles. The topological polar surface area (TPSA) is 68.6 Å². The molecule has 1 aromatic heterocycles. The van der Waals surface area contributed by atoms with E-state index in [0.29, 0.717) is 24.1 Å². The molecule has 4 rings (SSSR count). The molecule has 1 fully saturated rings. The van der Waals surface area contributed by atoms with E-state index in [2.05, 4.69) is 15.3 Å². The third-order valence-corrected chi connectivity index (χ3v) is 5.73. The summed E-state index contributed by atoms with van der Waals surface area (Å²) in [7, 11) is 1.84. The number of nitrogens with one attached hydrogen (secondary N) is 1. The van der Waals surface area contributed by atoms with E-state index in [4.69, 9.17) is 9.47 Å². The van der Waals surface area contributed by atoms with Gasteiger partial charge in [0.2, 0.25) is 0 Å². The van der Waals surface area contributed by atoms with Crippen molar-refractivity contribution in [2.45, 2.75) is 19.3 Å². The Kier molecular flexibility index (Phi) is 7.74. The summed E-state index contributed by atoms with van der Waals surface area (Å²) in [5.41, 5.74) is 2.17. The smallest absolute Gasteiger partial charge is 0.262 e. The summed E-state index contributed by atoms with van der Waals surface area (Å²) in [4.78, 5) is 14.8. The number of piperidine rings is 1. The molecule has 0 aliphatic carbocycles. The van der Waals surface area contributed by atoms with Crippen molar-refractivity contribution in [3.8, 4) is 22.8 Å². The molecule has 34 heavy (non-hydrogen) atoms. The first kappa shape index (κ1) is 23.7. The molecule has 0 saturated carbocycles. The fourth-order valence-corrected chi connectivity index (χ4v) is 3.97. The van der Waals surface area contributed by atoms with Gasteiger partial charge < -0.3 is 14.8 Å². The lowest BCUT2D eigenvalue weighted by Gasteiger charge is -2.26. The molecule has 2 aromatic carbocycles. The van der Waals surface area contributed by atoms with Crippen LogP contribution in [0.25, 0.3) is 11.3 Å². The normalized spacial score (nSPS) is 14.1. The Balaban J connectivity index is 1.42. The van der Waals surface area contributed by atoms with Crippen LogP contribution in [0.1, 0.15) is 19.3 Å². The molecule has 2 heterocycles. The number of hydrogen-bond donors (Lipinski definition) is 1. The molecule has 0 bridgehead atoms. The Labute approximate surface area is 197 Å². The lowest BCUT2D eigenvalue weighted by molar-refractivity contribution is -0.118. The van der Waals surface area contributed by atoms with Crippen LogP contribution in [0.4, 0.5) is 14.5 Å². The number of nitrogens with zero attached hydrogens (tertiary/aromatic N) is 3. The second-order valence-electron chi connectivity index (χ2n) is 8.21. The maximum atomic E-state index is 13.7. The van der Waals surface area contributed by atoms with Gasteiger partial charge in [0.1, 0.15) is 18.2 Å². The minimum atomic E-state index is -0.864. The molecule has 0 radical (unpaired) electrons. The van der Waals surface area contributed by atoms with Gasteiger partial charge in [-0.25, -0.2) is 8.78 Å². The molecule has 3 aromatic rings. The lowest BCUT2D eigenvalue weighted by Crippen LogP contribution is -2.33. The van der Waals surface area contributed by atoms with E-state index in [0.717, 1.165) is 43.0 Å². The van der Waals surface area contributed by atoms with Crippen molar-refractivity contribution in [2.75, 3.05) is 38.2 Å². The lowest BCUT2D eigenvalue weighted by atomic mass is 10.1. The quantitative estimate of drug-likeness (QED) is 0.507. The van der Waals surface area contributed by atoms with Gasteiger partial charge in [-0.2, -0.15) is 5.10 Å². The van der Waals surface area contributed by atoms with Gasteiger partial charge in [0.05, 0.1) is 5.69 Å². The van der Waals surface area contributed by atoms with E-state index >= 15 is 0 Å². The van der Waals surface area contributed by atoms with E-state index < -0.39 is 24.1 Å². The van der Waals surface area contributed by atoms with Crippen molar-refractivity contribution in [3.63, 3.8) is 0 Å². The minimum Gasteiger partial charge on any atom is -0.492 e. The van der Waals surface area contributed by atoms with E-state index in [1.807, 2.05) is 25.2 Å². The summed E-state index contributed by atoms with van der Waals surface area (Å²) in [6, 6.07) is 10.2. The monoisotopic (exact) mass is 470 g/mol. The van der Waals surface area contributed by atoms with Crippen LogP contribution in [-0.4, -0.2) is 53.4 Å². The zero-order chi connectivity index (χ0) is 23.9. The Morgan fingerprint density at radius 3 is 2.56 bits per heavy atom. The molecular weight excluding hydrogens is 442 g/mol. The number of carbonyl (C=O) groups excluding carboxylic acids is 1. The summed E-state index contributed by atoms with van der Waals surface area (Å²) in [5, 5.41) is 6.99. The van der Waals surface area contributed by atoms with Crippen molar-refractivity contribution in [2.24, 2.45) is 7.05 Å². The highest BCUT2D eigenvalue weighted by Crippen LogP contribution is 2.32. The Bertz CT molecular complexity index is 1130. The average molecular weight is 471 g/mol. The van der Waals surface area contributed by atoms with Crippen LogP contribution < -0.4 is 14.8 Å². The van der Waals surface area contributed by atoms with Crippen LogP contribution in [0.15, 0.2) is 48.7 Å². The zero-order valence-electron chi connectivity index (χ0n) is 19.1. The summed E-state index contributed by atoms with van der Waals surface area (Å²) in [6.45, 7) is 3.21. The SMILES string of the molecule is Cn1nccc1-c1cc(NC(=O)COc2ccc(F)cc2F)ccc1OCCN1CCCCC1. The second-order valence-corrected chi connectivity index (χ2v) is 8.21. The first-order valence-electron chi connectivity index (χ1n) is 11.3. The highest BCUT2D eigenvalue weighted by Gasteiger charge is 2.15. The van der Waals surface area contributed by atoms with Gasteiger partial charge >= 0.3 is 0 Å². The minimum absolute atomic E-state index is 0.190. The number of halogens is 2. The van der Waals surface area contributed by atoms with Crippen LogP contribution in [0.3, 0.4) is 0 Å². The molecule has 9 heteroatoms. The number of aryl methyl sites for hydroxylation is 1. The van der Waals surface area contributed by atoms with Gasteiger partial charge in [0.25, 0.3) is 5.91 Å². The third kappa shape index (κ3) is 6.11. The van der Waals surface area contributed by atoms with Crippen molar-refractivity contribution < 1.29 is 23.0 Å². The number of benzene rings is 2. The van der Waals surface area contributed by atoms with Gasteiger partial charge in [-0.1, -0.05) is 6.42 Å². The number of anilines is 1. The Morgan fingerprint density at radius 2 is 1.82 bits per heavy atom. The van der Waals surface area contributed by atoms with Crippen molar-refractivity contribution in [1.82, 2.24) is 14.7 Å². The number of amides is 1. The molecule has 1 aliphatic rings. The molecule has 180 valence electrons. The van der Waals surface area contributed by atoms with Crippen LogP contribution >= 0.6 is 0 Å². The number of aromatic nitrogens is 2. The van der Waals surface area contributed by atoms with Gasteiger partial charge in [0.15, 0.2) is 18.2 Å². The number of ether oxygens (including phenoxy) is 2. The molecule has 0 atom stereocenters. The molecule has 1 amide bonds. The third-order valence-electron chi connectivity index (χ3n) is 5.73. The first-order chi connectivity index (χ1) is 16.5. The fourth-order valence-electron chi connectivity index (χ4n) is 3.97. The molecule has 0 spiro atoms. The molecule has 0 unspecified atom stereocenters. The number of likely N-dealkylation sites (tertiary alicyclic amines) is 1. The zero-order valence-corrected chi connectivity index (χ0v) is 19.1. The molecule has 1 saturated heterocycles. The van der Waals surface area contributed by atoms with E-state index in [1.165, 1.54) is 19.3 Å². The van der Waals surface area contributed by atoms with Gasteiger partial charge in [-0.05, 0) is 62.3 Å². The predicted molar refractivity (Wildman–Crippen MR) is 125 cm³/mol. The van der Waals surface area contributed by atoms with Gasteiger partial charge in [0, 0.05) is 37.1 Å². The fraction of sp³-hybridized carbons (Fsp3) is 0.360. The predicted octanol–water partition coefficient (Wildman–Crippen LogP) is 4.25. The maximum absolute atomic E-state index is 13.7. The summed E-state index contributed by atoms with van der Waals surface area (Å²) >= 11 is 0. The van der Waals surface area contributed by atoms with Crippen LogP contribution in [-0.2, 0) is 11.8 Å². The van der Waals surface area contributed by atoms with Crippen LogP contribution in [0.5, 0.6) is 11.5 Å². The summed E-state index contributed by atoms with van der Waals surface area (Å²) in [6.07, 6.45) is 5.45. The largest absolute Gasteiger partial charge is 0.492 e. The van der Waals surface area contributed by atoms with Gasteiger partial charge in [-0.15, -0.1) is 0 Å². The number of carbonyl (C=O) groups is 1.